The Balaban J connectivity index is 2.12. The average molecular weight is 263 g/mol. The highest BCUT2D eigenvalue weighted by Gasteiger charge is 2.25. The van der Waals surface area contributed by atoms with E-state index in [-0.39, 0.29) is 25.0 Å². The number of nitrogens with one attached hydrogen (secondary N) is 1. The number of ether oxygens (including phenoxy) is 1. The van der Waals surface area contributed by atoms with Crippen molar-refractivity contribution in [3.05, 3.63) is 0 Å². The minimum atomic E-state index is -2.46. The normalized spacial score (nSPS) is 28.4. The smallest absolute Gasteiger partial charge is 0.261 e. The molecule has 0 bridgehead atoms. The second kappa shape index (κ2) is 7.67. The van der Waals surface area contributed by atoms with Gasteiger partial charge in [0.05, 0.1) is 6.61 Å². The predicted molar refractivity (Wildman–Crippen MR) is 65.5 cm³/mol. The van der Waals surface area contributed by atoms with Crippen molar-refractivity contribution < 1.29 is 18.3 Å². The number of carbonyl (C=O) groups is 1. The fraction of sp³-hybridized carbons (Fsp3) is 0.923. The number of halogens is 2. The second-order valence-corrected chi connectivity index (χ2v) is 5.25. The van der Waals surface area contributed by atoms with Crippen molar-refractivity contribution in [2.75, 3.05) is 13.2 Å². The standard InChI is InChI=1S/C13H23F2NO2/c1-9-3-4-11(7-10(9)2)16-13(17)5-6-18-8-12(14)15/h9-12H,3-8H2,1-2H3,(H,16,17)/t9-,10-,11+/m1/s1. The molecule has 0 heterocycles. The summed E-state index contributed by atoms with van der Waals surface area (Å²) >= 11 is 0. The zero-order valence-electron chi connectivity index (χ0n) is 11.1. The van der Waals surface area contributed by atoms with Gasteiger partial charge in [0, 0.05) is 12.5 Å². The third kappa shape index (κ3) is 5.76. The first-order chi connectivity index (χ1) is 8.49. The average Bonchev–Trinajstić information content (AvgIpc) is 2.29. The Kier molecular flexibility index (Phi) is 6.54. The number of rotatable bonds is 6. The van der Waals surface area contributed by atoms with Crippen molar-refractivity contribution in [3.8, 4) is 0 Å². The van der Waals surface area contributed by atoms with Gasteiger partial charge in [-0.05, 0) is 31.1 Å². The van der Waals surface area contributed by atoms with Crippen LogP contribution in [-0.2, 0) is 9.53 Å². The van der Waals surface area contributed by atoms with E-state index >= 15 is 0 Å². The molecule has 0 aromatic heterocycles. The maximum Gasteiger partial charge on any atom is 0.261 e. The summed E-state index contributed by atoms with van der Waals surface area (Å²) in [5.74, 6) is 1.24. The van der Waals surface area contributed by atoms with Crippen molar-refractivity contribution in [1.82, 2.24) is 5.32 Å². The third-order valence-corrected chi connectivity index (χ3v) is 3.68. The summed E-state index contributed by atoms with van der Waals surface area (Å²) in [7, 11) is 0. The van der Waals surface area contributed by atoms with Crippen molar-refractivity contribution in [3.63, 3.8) is 0 Å². The fourth-order valence-electron chi connectivity index (χ4n) is 2.32. The molecular weight excluding hydrogens is 240 g/mol. The largest absolute Gasteiger partial charge is 0.375 e. The Labute approximate surface area is 107 Å². The molecular formula is C13H23F2NO2. The van der Waals surface area contributed by atoms with Gasteiger partial charge in [-0.25, -0.2) is 8.78 Å². The zero-order chi connectivity index (χ0) is 13.5. The molecule has 1 aliphatic rings. The van der Waals surface area contributed by atoms with Crippen LogP contribution in [0, 0.1) is 11.8 Å². The van der Waals surface area contributed by atoms with Crippen LogP contribution >= 0.6 is 0 Å². The van der Waals surface area contributed by atoms with Crippen molar-refractivity contribution in [2.45, 2.75) is 52.0 Å². The molecule has 3 atom stereocenters. The number of hydrogen-bond donors (Lipinski definition) is 1. The van der Waals surface area contributed by atoms with E-state index in [9.17, 15) is 13.6 Å². The molecule has 3 nitrogen and oxygen atoms in total. The van der Waals surface area contributed by atoms with E-state index in [1.165, 1.54) is 0 Å². The van der Waals surface area contributed by atoms with E-state index in [4.69, 9.17) is 0 Å². The first kappa shape index (κ1) is 15.3. The molecule has 1 rings (SSSR count). The molecule has 0 aromatic rings. The molecule has 106 valence electrons. The molecule has 1 saturated carbocycles. The molecule has 5 heteroatoms. The van der Waals surface area contributed by atoms with E-state index in [1.54, 1.807) is 0 Å². The Morgan fingerprint density at radius 3 is 2.67 bits per heavy atom. The molecule has 1 N–H and O–H groups in total. The lowest BCUT2D eigenvalue weighted by Gasteiger charge is -2.32. The van der Waals surface area contributed by atoms with Crippen LogP contribution in [0.3, 0.4) is 0 Å². The molecule has 1 aliphatic carbocycles. The van der Waals surface area contributed by atoms with Crippen molar-refractivity contribution >= 4 is 5.91 Å². The highest BCUT2D eigenvalue weighted by molar-refractivity contribution is 5.76. The van der Waals surface area contributed by atoms with Gasteiger partial charge in [0.15, 0.2) is 0 Å². The van der Waals surface area contributed by atoms with Crippen LogP contribution in [0.15, 0.2) is 0 Å². The second-order valence-electron chi connectivity index (χ2n) is 5.25. The summed E-state index contributed by atoms with van der Waals surface area (Å²) in [4.78, 5) is 11.6. The van der Waals surface area contributed by atoms with E-state index < -0.39 is 13.0 Å². The van der Waals surface area contributed by atoms with Gasteiger partial charge in [0.1, 0.15) is 6.61 Å². The molecule has 0 radical (unpaired) electrons. The number of alkyl halides is 2. The molecule has 0 unspecified atom stereocenters. The van der Waals surface area contributed by atoms with Gasteiger partial charge in [0.2, 0.25) is 5.91 Å². The Morgan fingerprint density at radius 1 is 1.33 bits per heavy atom. The lowest BCUT2D eigenvalue weighted by molar-refractivity contribution is -0.123. The topological polar surface area (TPSA) is 38.3 Å². The Bertz CT molecular complexity index is 261. The van der Waals surface area contributed by atoms with Crippen molar-refractivity contribution in [2.24, 2.45) is 11.8 Å². The van der Waals surface area contributed by atoms with Gasteiger partial charge in [-0.15, -0.1) is 0 Å². The minimum Gasteiger partial charge on any atom is -0.375 e. The molecule has 0 aliphatic heterocycles. The minimum absolute atomic E-state index is 0.0643. The zero-order valence-corrected chi connectivity index (χ0v) is 11.1. The van der Waals surface area contributed by atoms with Gasteiger partial charge in [-0.2, -0.15) is 0 Å². The van der Waals surface area contributed by atoms with Crippen molar-refractivity contribution in [1.29, 1.82) is 0 Å². The number of amides is 1. The van der Waals surface area contributed by atoms with Crippen LogP contribution in [0.5, 0.6) is 0 Å². The maximum absolute atomic E-state index is 11.8. The first-order valence-corrected chi connectivity index (χ1v) is 6.64. The summed E-state index contributed by atoms with van der Waals surface area (Å²) in [5.41, 5.74) is 0. The monoisotopic (exact) mass is 263 g/mol. The van der Waals surface area contributed by atoms with Gasteiger partial charge in [-0.1, -0.05) is 13.8 Å². The molecule has 0 saturated heterocycles. The molecule has 1 fully saturated rings. The van der Waals surface area contributed by atoms with E-state index in [0.29, 0.717) is 11.8 Å². The van der Waals surface area contributed by atoms with Crippen LogP contribution in [0.2, 0.25) is 0 Å². The van der Waals surface area contributed by atoms with Crippen LogP contribution < -0.4 is 5.32 Å². The van der Waals surface area contributed by atoms with Crippen LogP contribution in [0.25, 0.3) is 0 Å². The first-order valence-electron chi connectivity index (χ1n) is 6.64. The number of carbonyl (C=O) groups excluding carboxylic acids is 1. The Hall–Kier alpha value is -0.710. The van der Waals surface area contributed by atoms with Crippen LogP contribution in [0.1, 0.15) is 39.5 Å². The molecule has 0 aromatic carbocycles. The summed E-state index contributed by atoms with van der Waals surface area (Å²) in [5, 5.41) is 2.95. The highest BCUT2D eigenvalue weighted by Crippen LogP contribution is 2.29. The highest BCUT2D eigenvalue weighted by atomic mass is 19.3. The molecule has 18 heavy (non-hydrogen) atoms. The molecule has 0 spiro atoms. The third-order valence-electron chi connectivity index (χ3n) is 3.68. The van der Waals surface area contributed by atoms with Gasteiger partial charge < -0.3 is 10.1 Å². The molecule has 1 amide bonds. The lowest BCUT2D eigenvalue weighted by Crippen LogP contribution is -2.40. The Morgan fingerprint density at radius 2 is 2.06 bits per heavy atom. The predicted octanol–water partition coefficient (Wildman–Crippen LogP) is 2.60. The van der Waals surface area contributed by atoms with Crippen LogP contribution in [0.4, 0.5) is 8.78 Å². The maximum atomic E-state index is 11.8. The number of hydrogen-bond acceptors (Lipinski definition) is 2. The summed E-state index contributed by atoms with van der Waals surface area (Å²) < 4.78 is 28.3. The van der Waals surface area contributed by atoms with E-state index in [1.807, 2.05) is 0 Å². The van der Waals surface area contributed by atoms with Crippen LogP contribution in [-0.4, -0.2) is 31.6 Å². The SMILES string of the molecule is C[C@@H]1CC[C@H](NC(=O)CCOCC(F)F)C[C@H]1C. The quantitative estimate of drug-likeness (QED) is 0.748. The van der Waals surface area contributed by atoms with E-state index in [0.717, 1.165) is 19.3 Å². The van der Waals surface area contributed by atoms with Gasteiger partial charge in [-0.3, -0.25) is 4.79 Å². The summed E-state index contributed by atoms with van der Waals surface area (Å²) in [6.07, 6.45) is 0.843. The summed E-state index contributed by atoms with van der Waals surface area (Å²) in [6, 6.07) is 0.235. The lowest BCUT2D eigenvalue weighted by atomic mass is 9.79. The van der Waals surface area contributed by atoms with E-state index in [2.05, 4.69) is 23.9 Å². The van der Waals surface area contributed by atoms with Gasteiger partial charge >= 0.3 is 0 Å². The van der Waals surface area contributed by atoms with Gasteiger partial charge in [0.25, 0.3) is 6.43 Å². The fourth-order valence-corrected chi connectivity index (χ4v) is 2.32. The summed E-state index contributed by atoms with van der Waals surface area (Å²) in [6.45, 7) is 3.91.